The van der Waals surface area contributed by atoms with Crippen LogP contribution in [0.5, 0.6) is 5.75 Å². The highest BCUT2D eigenvalue weighted by Crippen LogP contribution is 2.27. The van der Waals surface area contributed by atoms with Crippen LogP contribution in [0.3, 0.4) is 0 Å². The van der Waals surface area contributed by atoms with Gasteiger partial charge in [0, 0.05) is 12.8 Å². The maximum absolute atomic E-state index is 10.9. The van der Waals surface area contributed by atoms with Crippen LogP contribution in [0.2, 0.25) is 0 Å². The quantitative estimate of drug-likeness (QED) is 0.738. The Labute approximate surface area is 138 Å². The summed E-state index contributed by atoms with van der Waals surface area (Å²) in [5.74, 6) is -0.682. The van der Waals surface area contributed by atoms with Crippen molar-refractivity contribution in [1.29, 1.82) is 0 Å². The van der Waals surface area contributed by atoms with Gasteiger partial charge in [0.2, 0.25) is 6.29 Å². The van der Waals surface area contributed by atoms with Crippen molar-refractivity contribution in [3.05, 3.63) is 23.8 Å². The molecular weight excluding hydrogens is 298 g/mol. The third-order valence-corrected chi connectivity index (χ3v) is 2.97. The summed E-state index contributed by atoms with van der Waals surface area (Å²) in [6, 6.07) is 5.29. The van der Waals surface area contributed by atoms with Crippen molar-refractivity contribution in [3.8, 4) is 5.75 Å². The smallest absolute Gasteiger partial charge is 0.333 e. The van der Waals surface area contributed by atoms with Gasteiger partial charge in [-0.3, -0.25) is 0 Å². The van der Waals surface area contributed by atoms with Gasteiger partial charge in [0.15, 0.2) is 6.10 Å². The number of carboxylic acid groups (broad SMARTS) is 1. The van der Waals surface area contributed by atoms with E-state index in [1.54, 1.807) is 12.1 Å². The van der Waals surface area contributed by atoms with Crippen molar-refractivity contribution in [3.63, 3.8) is 0 Å². The molecule has 3 atom stereocenters. The van der Waals surface area contributed by atoms with E-state index in [1.807, 2.05) is 40.7 Å². The fourth-order valence-electron chi connectivity index (χ4n) is 2.01. The summed E-state index contributed by atoms with van der Waals surface area (Å²) in [4.78, 5) is 10.9. The van der Waals surface area contributed by atoms with Crippen LogP contribution >= 0.6 is 0 Å². The van der Waals surface area contributed by atoms with Gasteiger partial charge in [-0.1, -0.05) is 33.8 Å². The Balaban J connectivity index is 0.00000112. The summed E-state index contributed by atoms with van der Waals surface area (Å²) in [5.41, 5.74) is 7.26. The maximum Gasteiger partial charge on any atom is 0.333 e. The molecule has 1 heterocycles. The van der Waals surface area contributed by atoms with E-state index in [1.165, 1.54) is 0 Å². The number of ether oxygens (including phenoxy) is 2. The molecule has 0 aliphatic carbocycles. The first-order valence-corrected chi connectivity index (χ1v) is 8.05. The fraction of sp³-hybridized carbons (Fsp3) is 0.588. The molecule has 0 radical (unpaired) electrons. The van der Waals surface area contributed by atoms with Crippen LogP contribution in [0.4, 0.5) is 5.69 Å². The number of hydrogen-bond donors (Lipinski definition) is 3. The molecule has 3 unspecified atom stereocenters. The average molecular weight is 327 g/mol. The second-order valence-electron chi connectivity index (χ2n) is 4.68. The number of anilines is 1. The molecule has 0 aromatic heterocycles. The average Bonchev–Trinajstić information content (AvgIpc) is 2.53. The zero-order valence-corrected chi connectivity index (χ0v) is 14.6. The number of carbonyl (C=O) groups is 1. The van der Waals surface area contributed by atoms with Crippen molar-refractivity contribution in [1.82, 2.24) is 0 Å². The van der Waals surface area contributed by atoms with Gasteiger partial charge >= 0.3 is 5.97 Å². The molecule has 1 aliphatic heterocycles. The van der Waals surface area contributed by atoms with Crippen molar-refractivity contribution in [2.24, 2.45) is 0 Å². The van der Waals surface area contributed by atoms with Gasteiger partial charge < -0.3 is 25.4 Å². The largest absolute Gasteiger partial charge is 0.479 e. The van der Waals surface area contributed by atoms with Crippen LogP contribution in [-0.2, 0) is 9.53 Å². The summed E-state index contributed by atoms with van der Waals surface area (Å²) in [6.07, 6.45) is -2.34. The molecule has 1 saturated heterocycles. The zero-order chi connectivity index (χ0) is 18.0. The van der Waals surface area contributed by atoms with Crippen molar-refractivity contribution < 1.29 is 24.5 Å². The third-order valence-electron chi connectivity index (χ3n) is 2.97. The number of hydrogen-bond acceptors (Lipinski definition) is 5. The van der Waals surface area contributed by atoms with Crippen molar-refractivity contribution in [2.45, 2.75) is 66.0 Å². The van der Waals surface area contributed by atoms with E-state index in [4.69, 9.17) is 20.3 Å². The molecule has 1 aromatic carbocycles. The van der Waals surface area contributed by atoms with Gasteiger partial charge in [-0.05, 0) is 24.6 Å². The first kappa shape index (κ1) is 21.2. The first-order valence-electron chi connectivity index (χ1n) is 8.05. The highest BCUT2D eigenvalue weighted by Gasteiger charge is 2.34. The van der Waals surface area contributed by atoms with E-state index in [-0.39, 0.29) is 12.8 Å². The molecule has 0 spiro atoms. The van der Waals surface area contributed by atoms with E-state index in [2.05, 4.69) is 0 Å². The molecule has 0 amide bonds. The molecule has 1 aromatic rings. The topological polar surface area (TPSA) is 102 Å². The van der Waals surface area contributed by atoms with Gasteiger partial charge in [0.25, 0.3) is 0 Å². The lowest BCUT2D eigenvalue weighted by Gasteiger charge is -2.31. The molecule has 6 heteroatoms. The summed E-state index contributed by atoms with van der Waals surface area (Å²) in [7, 11) is 0. The van der Waals surface area contributed by atoms with Crippen LogP contribution in [0.1, 0.15) is 46.1 Å². The number of rotatable bonds is 3. The molecule has 2 rings (SSSR count). The lowest BCUT2D eigenvalue weighted by molar-refractivity contribution is -0.195. The number of nitrogen functional groups attached to an aromatic ring is 1. The molecule has 4 N–H and O–H groups in total. The molecule has 1 aliphatic rings. The first-order chi connectivity index (χ1) is 11.0. The molecule has 0 saturated carbocycles. The van der Waals surface area contributed by atoms with Gasteiger partial charge in [-0.15, -0.1) is 0 Å². The van der Waals surface area contributed by atoms with Crippen LogP contribution < -0.4 is 10.5 Å². The summed E-state index contributed by atoms with van der Waals surface area (Å²) < 4.78 is 10.8. The number of nitrogens with two attached hydrogens (primary N) is 1. The van der Waals surface area contributed by atoms with E-state index in [0.717, 1.165) is 5.56 Å². The van der Waals surface area contributed by atoms with Crippen LogP contribution in [-0.4, -0.2) is 34.7 Å². The minimum Gasteiger partial charge on any atom is -0.479 e. The number of aliphatic carboxylic acids is 1. The van der Waals surface area contributed by atoms with Crippen molar-refractivity contribution in [2.75, 3.05) is 5.73 Å². The summed E-state index contributed by atoms with van der Waals surface area (Å²) in [5, 5.41) is 18.6. The lowest BCUT2D eigenvalue weighted by atomic mass is 10.1. The minimum atomic E-state index is -1.11. The molecule has 23 heavy (non-hydrogen) atoms. The molecule has 132 valence electrons. The number of benzene rings is 1. The van der Waals surface area contributed by atoms with Gasteiger partial charge in [-0.25, -0.2) is 4.79 Å². The summed E-state index contributed by atoms with van der Waals surface area (Å²) in [6.45, 7) is 9.90. The number of aryl methyl sites for hydroxylation is 1. The van der Waals surface area contributed by atoms with Gasteiger partial charge in [0.05, 0.1) is 11.8 Å². The highest BCUT2D eigenvalue weighted by molar-refractivity contribution is 5.72. The number of aliphatic hydroxyl groups is 1. The SMILES string of the molecule is CC.CC.Cc1ccc(OC2CC(O)CC(C(=O)O)O2)c(N)c1. The Hall–Kier alpha value is -1.79. The summed E-state index contributed by atoms with van der Waals surface area (Å²) >= 11 is 0. The Kier molecular flexibility index (Phi) is 10.0. The van der Waals surface area contributed by atoms with E-state index in [0.29, 0.717) is 11.4 Å². The van der Waals surface area contributed by atoms with E-state index in [9.17, 15) is 9.90 Å². The predicted octanol–water partition coefficient (Wildman–Crippen LogP) is 2.96. The standard InChI is InChI=1S/C13H17NO5.2C2H6/c1-7-2-3-10(9(14)4-7)18-12-6-8(15)5-11(19-12)13(16)17;2*1-2/h2-4,8,11-12,15H,5-6,14H2,1H3,(H,16,17);2*1-2H3. The molecule has 6 nitrogen and oxygen atoms in total. The van der Waals surface area contributed by atoms with E-state index < -0.39 is 24.5 Å². The molecule has 0 bridgehead atoms. The Morgan fingerprint density at radius 1 is 1.26 bits per heavy atom. The van der Waals surface area contributed by atoms with Crippen LogP contribution in [0.25, 0.3) is 0 Å². The Bertz CT molecular complexity index is 478. The van der Waals surface area contributed by atoms with Crippen molar-refractivity contribution >= 4 is 11.7 Å². The zero-order valence-electron chi connectivity index (χ0n) is 14.6. The van der Waals surface area contributed by atoms with E-state index >= 15 is 0 Å². The Morgan fingerprint density at radius 3 is 2.39 bits per heavy atom. The Morgan fingerprint density at radius 2 is 1.87 bits per heavy atom. The third kappa shape index (κ3) is 6.88. The van der Waals surface area contributed by atoms with Gasteiger partial charge in [-0.2, -0.15) is 0 Å². The molecular formula is C17H29NO5. The van der Waals surface area contributed by atoms with Crippen LogP contribution in [0.15, 0.2) is 18.2 Å². The second kappa shape index (κ2) is 10.9. The monoisotopic (exact) mass is 327 g/mol. The van der Waals surface area contributed by atoms with Gasteiger partial charge in [0.1, 0.15) is 5.75 Å². The highest BCUT2D eigenvalue weighted by atomic mass is 16.7. The maximum atomic E-state index is 10.9. The minimum absolute atomic E-state index is 0.0680. The second-order valence-corrected chi connectivity index (χ2v) is 4.68. The lowest BCUT2D eigenvalue weighted by Crippen LogP contribution is -2.42. The number of aliphatic hydroxyl groups excluding tert-OH is 1. The van der Waals surface area contributed by atoms with Crippen LogP contribution in [0, 0.1) is 6.92 Å². The predicted molar refractivity (Wildman–Crippen MR) is 90.5 cm³/mol. The number of carboxylic acids is 1. The normalized spacial score (nSPS) is 22.8. The molecule has 1 fully saturated rings. The fourth-order valence-corrected chi connectivity index (χ4v) is 2.01.